The van der Waals surface area contributed by atoms with Gasteiger partial charge in [-0.3, -0.25) is 4.90 Å². The summed E-state index contributed by atoms with van der Waals surface area (Å²) in [5, 5.41) is 0. The first-order chi connectivity index (χ1) is 27.9. The van der Waals surface area contributed by atoms with Crippen molar-refractivity contribution in [2.75, 3.05) is 46.2 Å². The second-order valence-corrected chi connectivity index (χ2v) is 16.2. The topological polar surface area (TPSA) is 12.5 Å². The molecular weight excluding hydrogens is 693 g/mol. The molecule has 5 aromatic carbocycles. The molecule has 4 nitrogen and oxygen atoms in total. The van der Waals surface area contributed by atoms with E-state index in [1.807, 2.05) is 0 Å². The van der Waals surface area contributed by atoms with E-state index >= 15 is 0 Å². The maximum atomic E-state index is 2.60. The Morgan fingerprint density at radius 1 is 0.561 bits per heavy atom. The van der Waals surface area contributed by atoms with Crippen molar-refractivity contribution in [3.05, 3.63) is 198 Å². The Kier molecular flexibility index (Phi) is 11.3. The molecule has 0 aromatic heterocycles. The fourth-order valence-electron chi connectivity index (χ4n) is 9.79. The molecule has 2 aliphatic heterocycles. The maximum Gasteiger partial charge on any atom is 0.209 e. The molecule has 0 radical (unpaired) electrons. The van der Waals surface area contributed by atoms with Crippen molar-refractivity contribution in [1.29, 1.82) is 0 Å². The SMILES string of the molecule is CC[N+]1=C(c2ccccc2)C(C(C=CC[C@@H](c2ccc(N(C)C)cc2)C2C(c3ccccc3)=[N+](CC)c3ccccc32)C2C=CC(N(C)C)C=C2)c2ccccc21. The van der Waals surface area contributed by atoms with Crippen LogP contribution in [0.4, 0.5) is 17.1 Å². The van der Waals surface area contributed by atoms with Crippen LogP contribution < -0.4 is 4.90 Å². The molecule has 57 heavy (non-hydrogen) atoms. The minimum absolute atomic E-state index is 0.196. The van der Waals surface area contributed by atoms with Crippen molar-refractivity contribution in [2.45, 2.75) is 44.1 Å². The highest BCUT2D eigenvalue weighted by Gasteiger charge is 2.46. The van der Waals surface area contributed by atoms with Gasteiger partial charge in [0.1, 0.15) is 13.1 Å². The molecule has 1 aliphatic carbocycles. The van der Waals surface area contributed by atoms with Gasteiger partial charge in [-0.25, -0.2) is 0 Å². The van der Waals surface area contributed by atoms with Crippen LogP contribution in [0.25, 0.3) is 0 Å². The third kappa shape index (κ3) is 7.40. The van der Waals surface area contributed by atoms with Gasteiger partial charge in [0, 0.05) is 78.0 Å². The highest BCUT2D eigenvalue weighted by molar-refractivity contribution is 6.06. The summed E-state index contributed by atoms with van der Waals surface area (Å²) in [5.41, 5.74) is 13.5. The third-order valence-corrected chi connectivity index (χ3v) is 12.5. The number of nitrogens with zero attached hydrogens (tertiary/aromatic N) is 4. The predicted molar refractivity (Wildman–Crippen MR) is 240 cm³/mol. The van der Waals surface area contributed by atoms with Crippen LogP contribution in [0.2, 0.25) is 0 Å². The molecule has 5 aromatic rings. The Bertz CT molecular complexity index is 2310. The van der Waals surface area contributed by atoms with Crippen molar-refractivity contribution < 1.29 is 9.15 Å². The van der Waals surface area contributed by atoms with Crippen molar-refractivity contribution in [1.82, 2.24) is 4.90 Å². The van der Waals surface area contributed by atoms with Crippen LogP contribution in [0.1, 0.15) is 65.8 Å². The number of para-hydroxylation sites is 2. The van der Waals surface area contributed by atoms with E-state index < -0.39 is 0 Å². The highest BCUT2D eigenvalue weighted by atomic mass is 15.1. The van der Waals surface area contributed by atoms with Crippen molar-refractivity contribution in [2.24, 2.45) is 11.8 Å². The number of hydrogen-bond acceptors (Lipinski definition) is 2. The first-order valence-corrected chi connectivity index (χ1v) is 20.9. The maximum absolute atomic E-state index is 2.60. The summed E-state index contributed by atoms with van der Waals surface area (Å²) in [7, 11) is 8.58. The van der Waals surface area contributed by atoms with Gasteiger partial charge in [0.25, 0.3) is 0 Å². The third-order valence-electron chi connectivity index (χ3n) is 12.5. The van der Waals surface area contributed by atoms with Crippen LogP contribution in [-0.4, -0.2) is 72.8 Å². The standard InChI is InChI=1S/C53H58N4/c1-7-56-48-28-17-15-24-46(48)50(52(56)40-20-11-9-12-21-40)44(38-30-34-42(35-31-38)54(3)4)26-19-27-45(39-32-36-43(37-33-39)55(5)6)51-47-25-16-18-29-49(47)57(8-2)53(51)41-22-13-10-14-23-41/h9-26,28-38,42,44-45,50-51H,7-8,27H2,1-6H3/q+2/t38?,42?,44?,45-,50?,51?/m0/s1. The van der Waals surface area contributed by atoms with Gasteiger partial charge in [0.05, 0.1) is 11.8 Å². The fraction of sp³-hybridized carbons (Fsp3) is 0.283. The average Bonchev–Trinajstić information content (AvgIpc) is 3.77. The highest BCUT2D eigenvalue weighted by Crippen LogP contribution is 2.49. The van der Waals surface area contributed by atoms with Gasteiger partial charge in [0.2, 0.25) is 11.4 Å². The monoisotopic (exact) mass is 750 g/mol. The van der Waals surface area contributed by atoms with Crippen molar-refractivity contribution in [3.63, 3.8) is 0 Å². The molecule has 0 amide bonds. The number of likely N-dealkylation sites (N-methyl/N-ethyl adjacent to an activating group) is 1. The van der Waals surface area contributed by atoms with E-state index in [1.54, 1.807) is 0 Å². The number of rotatable bonds is 13. The lowest BCUT2D eigenvalue weighted by molar-refractivity contribution is -0.433. The summed E-state index contributed by atoms with van der Waals surface area (Å²) in [6.07, 6.45) is 15.8. The average molecular weight is 751 g/mol. The quantitative estimate of drug-likeness (QED) is 0.0878. The number of hydrogen-bond donors (Lipinski definition) is 0. The Hall–Kier alpha value is -5.58. The Morgan fingerprint density at radius 3 is 1.56 bits per heavy atom. The minimum Gasteiger partial charge on any atom is -0.378 e. The number of benzene rings is 5. The molecule has 4 heteroatoms. The largest absolute Gasteiger partial charge is 0.378 e. The molecule has 0 saturated carbocycles. The van der Waals surface area contributed by atoms with E-state index in [9.17, 15) is 0 Å². The second kappa shape index (κ2) is 16.9. The van der Waals surface area contributed by atoms with E-state index in [4.69, 9.17) is 0 Å². The summed E-state index contributed by atoms with van der Waals surface area (Å²) in [5.74, 6) is 1.08. The first-order valence-electron chi connectivity index (χ1n) is 20.9. The molecule has 4 atom stereocenters. The van der Waals surface area contributed by atoms with Crippen LogP contribution in [0.5, 0.6) is 0 Å². The molecule has 3 aliphatic rings. The Balaban J connectivity index is 1.27. The fourth-order valence-corrected chi connectivity index (χ4v) is 9.79. The molecule has 288 valence electrons. The second-order valence-electron chi connectivity index (χ2n) is 16.2. The summed E-state index contributed by atoms with van der Waals surface area (Å²) < 4.78 is 5.14. The van der Waals surface area contributed by atoms with E-state index in [1.165, 1.54) is 56.3 Å². The van der Waals surface area contributed by atoms with Gasteiger partial charge < -0.3 is 4.90 Å². The van der Waals surface area contributed by atoms with Gasteiger partial charge in [-0.1, -0.05) is 121 Å². The summed E-state index contributed by atoms with van der Waals surface area (Å²) in [4.78, 5) is 4.48. The lowest BCUT2D eigenvalue weighted by atomic mass is 9.72. The van der Waals surface area contributed by atoms with Gasteiger partial charge >= 0.3 is 0 Å². The molecule has 0 saturated heterocycles. The number of fused-ring (bicyclic) bond motifs is 2. The molecule has 3 unspecified atom stereocenters. The molecule has 8 rings (SSSR count). The van der Waals surface area contributed by atoms with Crippen LogP contribution in [0, 0.1) is 11.8 Å². The summed E-state index contributed by atoms with van der Waals surface area (Å²) in [6, 6.07) is 50.1. The first kappa shape index (κ1) is 38.3. The van der Waals surface area contributed by atoms with E-state index in [2.05, 4.69) is 231 Å². The molecule has 2 heterocycles. The van der Waals surface area contributed by atoms with Gasteiger partial charge in [-0.15, -0.1) is 0 Å². The molecule has 0 spiro atoms. The zero-order valence-electron chi connectivity index (χ0n) is 34.5. The molecule has 0 fully saturated rings. The smallest absolute Gasteiger partial charge is 0.209 e. The number of allylic oxidation sites excluding steroid dienone is 4. The lowest BCUT2D eigenvalue weighted by Crippen LogP contribution is -2.30. The molecule has 0 bridgehead atoms. The zero-order valence-corrected chi connectivity index (χ0v) is 34.5. The van der Waals surface area contributed by atoms with Crippen LogP contribution in [0.15, 0.2) is 170 Å². The van der Waals surface area contributed by atoms with Crippen LogP contribution in [-0.2, 0) is 0 Å². The van der Waals surface area contributed by atoms with Gasteiger partial charge in [0.15, 0.2) is 11.4 Å². The van der Waals surface area contributed by atoms with Gasteiger partial charge in [-0.2, -0.15) is 9.15 Å². The summed E-state index contributed by atoms with van der Waals surface area (Å²) >= 11 is 0. The lowest BCUT2D eigenvalue weighted by Gasteiger charge is -2.30. The molecule has 0 N–H and O–H groups in total. The normalized spacial score (nSPS) is 21.0. The van der Waals surface area contributed by atoms with Crippen molar-refractivity contribution >= 4 is 28.5 Å². The van der Waals surface area contributed by atoms with E-state index in [-0.39, 0.29) is 29.6 Å². The number of anilines is 1. The van der Waals surface area contributed by atoms with Crippen LogP contribution >= 0.6 is 0 Å². The van der Waals surface area contributed by atoms with Crippen molar-refractivity contribution in [3.8, 4) is 0 Å². The Morgan fingerprint density at radius 2 is 1.05 bits per heavy atom. The Labute approximate surface area is 341 Å². The van der Waals surface area contributed by atoms with Crippen LogP contribution in [0.3, 0.4) is 0 Å². The summed E-state index contributed by atoms with van der Waals surface area (Å²) in [6.45, 7) is 6.43. The zero-order chi connectivity index (χ0) is 39.5. The van der Waals surface area contributed by atoms with E-state index in [0.717, 1.165) is 19.5 Å². The van der Waals surface area contributed by atoms with E-state index in [0.29, 0.717) is 6.04 Å². The predicted octanol–water partition coefficient (Wildman–Crippen LogP) is 11.0. The minimum atomic E-state index is 0.196. The van der Waals surface area contributed by atoms with Gasteiger partial charge in [-0.05, 0) is 76.3 Å². The molecular formula is C53H58N4+2.